The summed E-state index contributed by atoms with van der Waals surface area (Å²) in [7, 11) is 0.953. The smallest absolute Gasteiger partial charge is 0.152 e. The van der Waals surface area contributed by atoms with Gasteiger partial charge in [-0.05, 0) is 38.1 Å². The van der Waals surface area contributed by atoms with E-state index < -0.39 is 9.84 Å². The topological polar surface area (TPSA) is 49.4 Å². The van der Waals surface area contributed by atoms with Gasteiger partial charge in [-0.3, -0.25) is 0 Å². The van der Waals surface area contributed by atoms with Crippen molar-refractivity contribution in [3.63, 3.8) is 0 Å². The Bertz CT molecular complexity index is 589. The summed E-state index contributed by atoms with van der Waals surface area (Å²) in [5, 5.41) is 3.86. The van der Waals surface area contributed by atoms with Crippen LogP contribution in [0.3, 0.4) is 0 Å². The van der Waals surface area contributed by atoms with Crippen LogP contribution in [0.4, 0.5) is 5.69 Å². The second-order valence-corrected chi connectivity index (χ2v) is 8.02. The average Bonchev–Trinajstić information content (AvgIpc) is 2.77. The lowest BCUT2D eigenvalue weighted by molar-refractivity contribution is 0.601. The van der Waals surface area contributed by atoms with Gasteiger partial charge in [0.1, 0.15) is 0 Å². The van der Waals surface area contributed by atoms with Gasteiger partial charge in [-0.2, -0.15) is 0 Å². The van der Waals surface area contributed by atoms with Crippen molar-refractivity contribution in [2.24, 2.45) is 0 Å². The van der Waals surface area contributed by atoms with Crippen LogP contribution in [0.15, 0.2) is 18.2 Å². The number of halogens is 1. The molecule has 0 bridgehead atoms. The van der Waals surface area contributed by atoms with Crippen LogP contribution in [0, 0.1) is 0 Å². The normalized spacial score (nSPS) is 22.7. The van der Waals surface area contributed by atoms with E-state index in [4.69, 9.17) is 11.6 Å². The Kier molecular flexibility index (Phi) is 4.62. The predicted molar refractivity (Wildman–Crippen MR) is 84.4 cm³/mol. The number of nitrogens with zero attached hydrogens (tertiary/aromatic N) is 1. The van der Waals surface area contributed by atoms with E-state index in [2.05, 4.69) is 5.32 Å². The Morgan fingerprint density at radius 3 is 2.65 bits per heavy atom. The minimum Gasteiger partial charge on any atom is -0.371 e. The molecule has 1 fully saturated rings. The number of hydrogen-bond donors (Lipinski definition) is 1. The Hall–Kier alpha value is -0.780. The highest BCUT2D eigenvalue weighted by atomic mass is 35.5. The Morgan fingerprint density at radius 1 is 1.45 bits per heavy atom. The Morgan fingerprint density at radius 2 is 2.15 bits per heavy atom. The first-order valence-corrected chi connectivity index (χ1v) is 8.94. The Balaban J connectivity index is 2.19. The predicted octanol–water partition coefficient (Wildman–Crippen LogP) is 2.24. The van der Waals surface area contributed by atoms with Crippen molar-refractivity contribution >= 4 is 27.1 Å². The van der Waals surface area contributed by atoms with Crippen molar-refractivity contribution in [3.05, 3.63) is 28.8 Å². The zero-order valence-electron chi connectivity index (χ0n) is 12.1. The van der Waals surface area contributed by atoms with Crippen LogP contribution < -0.4 is 10.2 Å². The van der Waals surface area contributed by atoms with Crippen molar-refractivity contribution in [1.29, 1.82) is 0 Å². The van der Waals surface area contributed by atoms with Crippen LogP contribution >= 0.6 is 11.6 Å². The molecule has 1 aromatic rings. The first-order chi connectivity index (χ1) is 9.34. The van der Waals surface area contributed by atoms with Gasteiger partial charge in [0.15, 0.2) is 9.84 Å². The lowest BCUT2D eigenvalue weighted by Gasteiger charge is -2.26. The van der Waals surface area contributed by atoms with Gasteiger partial charge in [0.25, 0.3) is 0 Å². The molecule has 2 atom stereocenters. The molecule has 0 amide bonds. The van der Waals surface area contributed by atoms with Gasteiger partial charge in [0.05, 0.1) is 11.5 Å². The van der Waals surface area contributed by atoms with Crippen LogP contribution in [-0.2, 0) is 9.84 Å². The SMILES string of the molecule is CNC(C)c1ccc(N(C)C2CCS(=O)(=O)C2)cc1Cl. The van der Waals surface area contributed by atoms with Crippen molar-refractivity contribution in [1.82, 2.24) is 5.32 Å². The molecule has 6 heteroatoms. The first kappa shape index (κ1) is 15.6. The van der Waals surface area contributed by atoms with Crippen molar-refractivity contribution in [2.45, 2.75) is 25.4 Å². The molecule has 1 aromatic carbocycles. The third-order valence-electron chi connectivity index (χ3n) is 4.05. The molecular formula is C14H21ClN2O2S. The number of sulfone groups is 1. The largest absolute Gasteiger partial charge is 0.371 e. The lowest BCUT2D eigenvalue weighted by atomic mass is 10.1. The summed E-state index contributed by atoms with van der Waals surface area (Å²) in [4.78, 5) is 2.02. The fourth-order valence-electron chi connectivity index (χ4n) is 2.53. The maximum atomic E-state index is 11.6. The van der Waals surface area contributed by atoms with E-state index in [-0.39, 0.29) is 23.6 Å². The summed E-state index contributed by atoms with van der Waals surface area (Å²) in [5.41, 5.74) is 2.01. The molecule has 112 valence electrons. The van der Waals surface area contributed by atoms with Crippen LogP contribution in [-0.4, -0.2) is 40.1 Å². The lowest BCUT2D eigenvalue weighted by Crippen LogP contribution is -2.32. The number of nitrogens with one attached hydrogen (secondary N) is 1. The van der Waals surface area contributed by atoms with Crippen LogP contribution in [0.1, 0.15) is 24.9 Å². The molecule has 2 unspecified atom stereocenters. The highest BCUT2D eigenvalue weighted by Gasteiger charge is 2.31. The molecule has 0 radical (unpaired) electrons. The zero-order chi connectivity index (χ0) is 14.9. The molecule has 20 heavy (non-hydrogen) atoms. The minimum atomic E-state index is -2.87. The molecule has 1 heterocycles. The Labute approximate surface area is 126 Å². The average molecular weight is 317 g/mol. The fourth-order valence-corrected chi connectivity index (χ4v) is 4.65. The molecule has 2 rings (SSSR count). The second-order valence-electron chi connectivity index (χ2n) is 5.38. The standard InChI is InChI=1S/C14H21ClN2O2S/c1-10(16-2)13-5-4-11(8-14(13)15)17(3)12-6-7-20(18,19)9-12/h4-5,8,10,12,16H,6-7,9H2,1-3H3. The quantitative estimate of drug-likeness (QED) is 0.925. The third kappa shape index (κ3) is 3.27. The van der Waals surface area contributed by atoms with E-state index in [1.165, 1.54) is 0 Å². The molecule has 1 aliphatic rings. The van der Waals surface area contributed by atoms with Crippen molar-refractivity contribution in [3.8, 4) is 0 Å². The highest BCUT2D eigenvalue weighted by molar-refractivity contribution is 7.91. The highest BCUT2D eigenvalue weighted by Crippen LogP contribution is 2.29. The van der Waals surface area contributed by atoms with Gasteiger partial charge in [-0.1, -0.05) is 17.7 Å². The number of hydrogen-bond acceptors (Lipinski definition) is 4. The maximum absolute atomic E-state index is 11.6. The summed E-state index contributed by atoms with van der Waals surface area (Å²) in [6, 6.07) is 6.14. The fraction of sp³-hybridized carbons (Fsp3) is 0.571. The third-order valence-corrected chi connectivity index (χ3v) is 6.12. The molecule has 0 aromatic heterocycles. The molecular weight excluding hydrogens is 296 g/mol. The van der Waals surface area contributed by atoms with E-state index in [9.17, 15) is 8.42 Å². The van der Waals surface area contributed by atoms with E-state index in [1.807, 2.05) is 44.1 Å². The summed E-state index contributed by atoms with van der Waals surface area (Å²) >= 11 is 6.32. The van der Waals surface area contributed by atoms with Gasteiger partial charge < -0.3 is 10.2 Å². The molecule has 1 aliphatic heterocycles. The number of anilines is 1. The van der Waals surface area contributed by atoms with E-state index >= 15 is 0 Å². The number of rotatable bonds is 4. The van der Waals surface area contributed by atoms with E-state index in [1.54, 1.807) is 0 Å². The van der Waals surface area contributed by atoms with Crippen LogP contribution in [0.25, 0.3) is 0 Å². The number of benzene rings is 1. The minimum absolute atomic E-state index is 0.0450. The second kappa shape index (κ2) is 5.92. The van der Waals surface area contributed by atoms with Crippen molar-refractivity contribution in [2.75, 3.05) is 30.5 Å². The molecule has 0 saturated carbocycles. The van der Waals surface area contributed by atoms with Gasteiger partial charge in [-0.25, -0.2) is 8.42 Å². The van der Waals surface area contributed by atoms with Crippen LogP contribution in [0.5, 0.6) is 0 Å². The molecule has 0 aliphatic carbocycles. The van der Waals surface area contributed by atoms with E-state index in [0.29, 0.717) is 11.4 Å². The van der Waals surface area contributed by atoms with Gasteiger partial charge in [0, 0.05) is 29.8 Å². The van der Waals surface area contributed by atoms with Crippen LogP contribution in [0.2, 0.25) is 5.02 Å². The van der Waals surface area contributed by atoms with Gasteiger partial charge in [0.2, 0.25) is 0 Å². The van der Waals surface area contributed by atoms with E-state index in [0.717, 1.165) is 11.3 Å². The van der Waals surface area contributed by atoms with Gasteiger partial charge >= 0.3 is 0 Å². The summed E-state index contributed by atoms with van der Waals surface area (Å²) in [5.74, 6) is 0.514. The zero-order valence-corrected chi connectivity index (χ0v) is 13.6. The molecule has 1 N–H and O–H groups in total. The maximum Gasteiger partial charge on any atom is 0.152 e. The van der Waals surface area contributed by atoms with Crippen molar-refractivity contribution < 1.29 is 8.42 Å². The summed E-state index contributed by atoms with van der Waals surface area (Å²) < 4.78 is 23.1. The molecule has 0 spiro atoms. The molecule has 4 nitrogen and oxygen atoms in total. The molecule has 1 saturated heterocycles. The monoisotopic (exact) mass is 316 g/mol. The summed E-state index contributed by atoms with van der Waals surface area (Å²) in [6.07, 6.45) is 0.686. The first-order valence-electron chi connectivity index (χ1n) is 6.74. The summed E-state index contributed by atoms with van der Waals surface area (Å²) in [6.45, 7) is 2.05. The van der Waals surface area contributed by atoms with Gasteiger partial charge in [-0.15, -0.1) is 0 Å².